The molecule has 2 heterocycles. The molecule has 1 aliphatic carbocycles. The topological polar surface area (TPSA) is 53.8 Å². The van der Waals surface area contributed by atoms with Crippen molar-refractivity contribution in [2.24, 2.45) is 0 Å². The number of hydrogen-bond donors (Lipinski definition) is 0. The fourth-order valence-corrected chi connectivity index (χ4v) is 5.28. The number of nitrogens with zero attached hydrogens (tertiary/aromatic N) is 2. The Morgan fingerprint density at radius 1 is 1.23 bits per heavy atom. The van der Waals surface area contributed by atoms with Crippen LogP contribution in [0.5, 0.6) is 0 Å². The molecular weight excluding hydrogens is 381 g/mol. The summed E-state index contributed by atoms with van der Waals surface area (Å²) in [6, 6.07) is 7.08. The van der Waals surface area contributed by atoms with Gasteiger partial charge in [-0.15, -0.1) is 22.7 Å². The van der Waals surface area contributed by atoms with Crippen LogP contribution in [0.25, 0.3) is 10.2 Å². The number of thiophene rings is 1. The number of aryl methyl sites for hydroxylation is 2. The van der Waals surface area contributed by atoms with Gasteiger partial charge in [0, 0.05) is 4.88 Å². The van der Waals surface area contributed by atoms with Gasteiger partial charge in [-0.25, -0.2) is 4.98 Å². The van der Waals surface area contributed by atoms with Gasteiger partial charge in [-0.2, -0.15) is 18.4 Å². The van der Waals surface area contributed by atoms with Crippen molar-refractivity contribution < 1.29 is 18.0 Å². The SMILES string of the molecule is N#C[C@H](C(=O)c1cc2c(s1)CCC2)c1nc2cc(C(F)(F)F)ccc2s1. The number of carbonyl (C=O) groups excluding carboxylic acids is 1. The summed E-state index contributed by atoms with van der Waals surface area (Å²) in [5.41, 5.74) is 0.520. The first kappa shape index (κ1) is 17.2. The maximum absolute atomic E-state index is 12.8. The maximum Gasteiger partial charge on any atom is 0.416 e. The number of carbonyl (C=O) groups is 1. The molecule has 3 nitrogen and oxygen atoms in total. The third-order valence-corrected chi connectivity index (χ3v) is 6.71. The van der Waals surface area contributed by atoms with E-state index in [0.717, 1.165) is 48.3 Å². The summed E-state index contributed by atoms with van der Waals surface area (Å²) in [5.74, 6) is -1.43. The number of Topliss-reactive ketones (excluding diaryl/α,β-unsaturated/α-hetero) is 1. The van der Waals surface area contributed by atoms with Crippen molar-refractivity contribution in [2.45, 2.75) is 31.4 Å². The molecule has 0 saturated carbocycles. The number of nitriles is 1. The number of ketones is 1. The molecule has 0 spiro atoms. The van der Waals surface area contributed by atoms with Gasteiger partial charge in [0.2, 0.25) is 0 Å². The fraction of sp³-hybridized carbons (Fsp3) is 0.278. The van der Waals surface area contributed by atoms with E-state index >= 15 is 0 Å². The lowest BCUT2D eigenvalue weighted by Gasteiger charge is -2.04. The minimum absolute atomic E-state index is 0.154. The van der Waals surface area contributed by atoms with Crippen LogP contribution in [0, 0.1) is 11.3 Å². The van der Waals surface area contributed by atoms with Gasteiger partial charge in [0.05, 0.1) is 26.7 Å². The van der Waals surface area contributed by atoms with E-state index in [9.17, 15) is 23.2 Å². The molecule has 0 N–H and O–H groups in total. The van der Waals surface area contributed by atoms with Crippen LogP contribution in [0.1, 0.15) is 43.0 Å². The quantitative estimate of drug-likeness (QED) is 0.564. The van der Waals surface area contributed by atoms with E-state index in [1.165, 1.54) is 22.3 Å². The van der Waals surface area contributed by atoms with Gasteiger partial charge in [-0.1, -0.05) is 0 Å². The zero-order valence-corrected chi connectivity index (χ0v) is 14.9. The molecule has 1 aromatic carbocycles. The van der Waals surface area contributed by atoms with Crippen LogP contribution in [0.3, 0.4) is 0 Å². The highest BCUT2D eigenvalue weighted by Gasteiger charge is 2.32. The smallest absolute Gasteiger partial charge is 0.291 e. The Bertz CT molecular complexity index is 1040. The number of fused-ring (bicyclic) bond motifs is 2. The fourth-order valence-electron chi connectivity index (χ4n) is 3.06. The predicted octanol–water partition coefficient (Wildman–Crippen LogP) is 5.36. The first-order chi connectivity index (χ1) is 12.4. The molecule has 1 aliphatic rings. The molecule has 0 radical (unpaired) electrons. The number of alkyl halides is 3. The Morgan fingerprint density at radius 2 is 2.04 bits per heavy atom. The van der Waals surface area contributed by atoms with E-state index in [1.54, 1.807) is 0 Å². The highest BCUT2D eigenvalue weighted by molar-refractivity contribution is 7.19. The predicted molar refractivity (Wildman–Crippen MR) is 93.7 cm³/mol. The van der Waals surface area contributed by atoms with Crippen LogP contribution >= 0.6 is 22.7 Å². The summed E-state index contributed by atoms with van der Waals surface area (Å²) in [5, 5.41) is 9.72. The summed E-state index contributed by atoms with van der Waals surface area (Å²) in [7, 11) is 0. The number of hydrogen-bond acceptors (Lipinski definition) is 5. The average Bonchev–Trinajstić information content (AvgIpc) is 3.27. The number of aromatic nitrogens is 1. The molecule has 2 aromatic heterocycles. The maximum atomic E-state index is 12.8. The Kier molecular flexibility index (Phi) is 4.09. The number of thiazole rings is 1. The van der Waals surface area contributed by atoms with Crippen molar-refractivity contribution in [1.29, 1.82) is 5.26 Å². The molecule has 4 rings (SSSR count). The molecular formula is C18H11F3N2OS2. The zero-order valence-electron chi connectivity index (χ0n) is 13.3. The van der Waals surface area contributed by atoms with Crippen LogP contribution in [-0.2, 0) is 19.0 Å². The first-order valence-electron chi connectivity index (χ1n) is 7.90. The largest absolute Gasteiger partial charge is 0.416 e. The average molecular weight is 392 g/mol. The normalized spacial score (nSPS) is 15.0. The lowest BCUT2D eigenvalue weighted by Crippen LogP contribution is -2.09. The lowest BCUT2D eigenvalue weighted by atomic mass is 10.0. The number of benzene rings is 1. The second kappa shape index (κ2) is 6.18. The zero-order chi connectivity index (χ0) is 18.5. The van der Waals surface area contributed by atoms with E-state index in [-0.39, 0.29) is 16.3 Å². The third-order valence-electron chi connectivity index (χ3n) is 4.36. The van der Waals surface area contributed by atoms with Gasteiger partial charge < -0.3 is 0 Å². The van der Waals surface area contributed by atoms with E-state index in [1.807, 2.05) is 12.1 Å². The number of halogens is 3. The Labute approximate surface area is 154 Å². The van der Waals surface area contributed by atoms with Gasteiger partial charge in [0.25, 0.3) is 0 Å². The molecule has 0 bridgehead atoms. The summed E-state index contributed by atoms with van der Waals surface area (Å²) < 4.78 is 39.1. The molecule has 0 aliphatic heterocycles. The van der Waals surface area contributed by atoms with Crippen molar-refractivity contribution >= 4 is 38.7 Å². The summed E-state index contributed by atoms with van der Waals surface area (Å²) in [6.45, 7) is 0. The highest BCUT2D eigenvalue weighted by Crippen LogP contribution is 2.37. The Hall–Kier alpha value is -2.24. The highest BCUT2D eigenvalue weighted by atomic mass is 32.1. The van der Waals surface area contributed by atoms with Gasteiger partial charge in [-0.3, -0.25) is 4.79 Å². The van der Waals surface area contributed by atoms with E-state index in [4.69, 9.17) is 0 Å². The van der Waals surface area contributed by atoms with E-state index in [0.29, 0.717) is 9.58 Å². The standard InChI is InChI=1S/C18H11F3N2OS2/c19-18(20,21)10-4-5-14-12(7-10)23-17(26-14)11(8-22)16(24)15-6-9-2-1-3-13(9)25-15/h4-7,11H,1-3H2/t11-/m1/s1. The summed E-state index contributed by atoms with van der Waals surface area (Å²) in [4.78, 5) is 18.6. The van der Waals surface area contributed by atoms with E-state index in [2.05, 4.69) is 4.98 Å². The Morgan fingerprint density at radius 3 is 2.73 bits per heavy atom. The summed E-state index contributed by atoms with van der Waals surface area (Å²) in [6.07, 6.45) is -1.49. The minimum Gasteiger partial charge on any atom is -0.291 e. The van der Waals surface area contributed by atoms with Crippen molar-refractivity contribution in [3.63, 3.8) is 0 Å². The Balaban J connectivity index is 1.69. The van der Waals surface area contributed by atoms with Crippen LogP contribution in [-0.4, -0.2) is 10.8 Å². The molecule has 1 atom stereocenters. The van der Waals surface area contributed by atoms with Gasteiger partial charge in [-0.05, 0) is 49.1 Å². The lowest BCUT2D eigenvalue weighted by molar-refractivity contribution is -0.137. The van der Waals surface area contributed by atoms with Gasteiger partial charge in [0.1, 0.15) is 5.01 Å². The van der Waals surface area contributed by atoms with Crippen LogP contribution in [0.4, 0.5) is 13.2 Å². The first-order valence-corrected chi connectivity index (χ1v) is 9.53. The second-order valence-electron chi connectivity index (χ2n) is 6.07. The number of rotatable bonds is 3. The van der Waals surface area contributed by atoms with Crippen LogP contribution < -0.4 is 0 Å². The minimum atomic E-state index is -4.46. The van der Waals surface area contributed by atoms with Crippen molar-refractivity contribution in [1.82, 2.24) is 4.98 Å². The molecule has 8 heteroatoms. The molecule has 132 valence electrons. The van der Waals surface area contributed by atoms with Gasteiger partial charge in [0.15, 0.2) is 11.7 Å². The monoisotopic (exact) mass is 392 g/mol. The van der Waals surface area contributed by atoms with Gasteiger partial charge >= 0.3 is 6.18 Å². The molecule has 0 saturated heterocycles. The van der Waals surface area contributed by atoms with Crippen LogP contribution in [0.2, 0.25) is 0 Å². The molecule has 0 unspecified atom stereocenters. The van der Waals surface area contributed by atoms with Crippen LogP contribution in [0.15, 0.2) is 24.3 Å². The second-order valence-corrected chi connectivity index (χ2v) is 8.27. The molecule has 3 aromatic rings. The molecule has 26 heavy (non-hydrogen) atoms. The van der Waals surface area contributed by atoms with Crippen molar-refractivity contribution in [3.05, 3.63) is 50.2 Å². The molecule has 0 amide bonds. The molecule has 0 fully saturated rings. The van der Waals surface area contributed by atoms with Crippen molar-refractivity contribution in [2.75, 3.05) is 0 Å². The third kappa shape index (κ3) is 2.91. The van der Waals surface area contributed by atoms with Crippen molar-refractivity contribution in [3.8, 4) is 6.07 Å². The van der Waals surface area contributed by atoms with E-state index < -0.39 is 17.7 Å². The summed E-state index contributed by atoms with van der Waals surface area (Å²) >= 11 is 2.49.